The number of carbonyl (C=O) groups is 2. The molecule has 5 heteroatoms. The molecule has 0 bridgehead atoms. The average Bonchev–Trinajstić information content (AvgIpc) is 2.57. The van der Waals surface area contributed by atoms with Gasteiger partial charge in [-0.25, -0.2) is 0 Å². The van der Waals surface area contributed by atoms with Gasteiger partial charge >= 0.3 is 5.97 Å². The Labute approximate surface area is 152 Å². The van der Waals surface area contributed by atoms with E-state index in [1.165, 1.54) is 0 Å². The third-order valence-electron chi connectivity index (χ3n) is 3.40. The van der Waals surface area contributed by atoms with E-state index in [0.717, 1.165) is 5.56 Å². The molecule has 25 heavy (non-hydrogen) atoms. The van der Waals surface area contributed by atoms with Crippen molar-refractivity contribution in [3.63, 3.8) is 0 Å². The largest absolute Gasteiger partial charge is 0.493 e. The van der Waals surface area contributed by atoms with Gasteiger partial charge in [0.15, 0.2) is 5.78 Å². The van der Waals surface area contributed by atoms with Crippen LogP contribution in [0.2, 0.25) is 5.02 Å². The summed E-state index contributed by atoms with van der Waals surface area (Å²) in [6.07, 6.45) is 0.381. The van der Waals surface area contributed by atoms with E-state index in [1.54, 1.807) is 50.2 Å². The molecule has 0 aromatic heterocycles. The maximum atomic E-state index is 12.3. The Morgan fingerprint density at radius 2 is 1.64 bits per heavy atom. The Bertz CT molecular complexity index is 705. The summed E-state index contributed by atoms with van der Waals surface area (Å²) in [5.41, 5.74) is 1.53. The van der Waals surface area contributed by atoms with E-state index >= 15 is 0 Å². The Morgan fingerprint density at radius 3 is 2.24 bits per heavy atom. The molecule has 0 saturated heterocycles. The summed E-state index contributed by atoms with van der Waals surface area (Å²) in [7, 11) is 0. The monoisotopic (exact) mass is 360 g/mol. The lowest BCUT2D eigenvalue weighted by molar-refractivity contribution is -0.147. The molecule has 2 aromatic carbocycles. The minimum atomic E-state index is -0.287. The molecule has 0 amide bonds. The normalized spacial score (nSPS) is 10.6. The van der Waals surface area contributed by atoms with Gasteiger partial charge in [0, 0.05) is 17.0 Å². The highest BCUT2D eigenvalue weighted by Gasteiger charge is 2.09. The minimum Gasteiger partial charge on any atom is -0.493 e. The van der Waals surface area contributed by atoms with Gasteiger partial charge in [0.1, 0.15) is 5.75 Å². The van der Waals surface area contributed by atoms with Crippen molar-refractivity contribution in [1.29, 1.82) is 0 Å². The van der Waals surface area contributed by atoms with Gasteiger partial charge in [-0.2, -0.15) is 0 Å². The van der Waals surface area contributed by atoms with Crippen LogP contribution in [0.4, 0.5) is 0 Å². The summed E-state index contributed by atoms with van der Waals surface area (Å²) in [5, 5.41) is 0.648. The number of hydrogen-bond acceptors (Lipinski definition) is 4. The lowest BCUT2D eigenvalue weighted by Crippen LogP contribution is -2.14. The number of esters is 1. The van der Waals surface area contributed by atoms with Crippen LogP contribution >= 0.6 is 11.6 Å². The fraction of sp³-hybridized carbons (Fsp3) is 0.300. The fourth-order valence-electron chi connectivity index (χ4n) is 2.20. The average molecular weight is 361 g/mol. The van der Waals surface area contributed by atoms with E-state index in [1.807, 2.05) is 12.1 Å². The lowest BCUT2D eigenvalue weighted by atomic mass is 10.0. The Morgan fingerprint density at radius 1 is 1.00 bits per heavy atom. The first-order valence-electron chi connectivity index (χ1n) is 8.14. The van der Waals surface area contributed by atoms with Crippen LogP contribution in [0.3, 0.4) is 0 Å². The highest BCUT2D eigenvalue weighted by atomic mass is 35.5. The molecule has 132 valence electrons. The second-order valence-electron chi connectivity index (χ2n) is 5.89. The highest BCUT2D eigenvalue weighted by molar-refractivity contribution is 6.30. The molecule has 0 fully saturated rings. The predicted octanol–water partition coefficient (Wildman–Crippen LogP) is 4.49. The fourth-order valence-corrected chi connectivity index (χ4v) is 2.33. The molecular formula is C20H21ClO4. The maximum Gasteiger partial charge on any atom is 0.309 e. The lowest BCUT2D eigenvalue weighted by Gasteiger charge is -2.09. The first-order valence-corrected chi connectivity index (χ1v) is 8.52. The summed E-state index contributed by atoms with van der Waals surface area (Å²) < 4.78 is 10.5. The van der Waals surface area contributed by atoms with Crippen molar-refractivity contribution in [1.82, 2.24) is 0 Å². The van der Waals surface area contributed by atoms with Crippen LogP contribution in [0.25, 0.3) is 0 Å². The van der Waals surface area contributed by atoms with Crippen molar-refractivity contribution in [2.24, 2.45) is 0 Å². The van der Waals surface area contributed by atoms with Gasteiger partial charge in [-0.15, -0.1) is 0 Å². The van der Waals surface area contributed by atoms with Gasteiger partial charge in [0.2, 0.25) is 0 Å². The van der Waals surface area contributed by atoms with Crippen LogP contribution in [0.15, 0.2) is 48.5 Å². The van der Waals surface area contributed by atoms with Crippen LogP contribution in [0.1, 0.15) is 36.2 Å². The number of hydrogen-bond donors (Lipinski definition) is 0. The number of rotatable bonds is 8. The van der Waals surface area contributed by atoms with Gasteiger partial charge in [0.25, 0.3) is 0 Å². The third-order valence-corrected chi connectivity index (χ3v) is 3.65. The summed E-state index contributed by atoms with van der Waals surface area (Å²) >= 11 is 5.84. The summed E-state index contributed by atoms with van der Waals surface area (Å²) in [6.45, 7) is 3.85. The van der Waals surface area contributed by atoms with Crippen molar-refractivity contribution < 1.29 is 19.1 Å². The van der Waals surface area contributed by atoms with Crippen molar-refractivity contribution >= 4 is 23.4 Å². The molecule has 0 N–H and O–H groups in total. The molecule has 0 atom stereocenters. The molecule has 0 saturated carbocycles. The summed E-state index contributed by atoms with van der Waals surface area (Å²) in [5.74, 6) is 0.347. The minimum absolute atomic E-state index is 0.0226. The number of ether oxygens (including phenoxy) is 2. The first-order chi connectivity index (χ1) is 11.9. The van der Waals surface area contributed by atoms with E-state index in [0.29, 0.717) is 22.8 Å². The van der Waals surface area contributed by atoms with E-state index in [9.17, 15) is 9.59 Å². The van der Waals surface area contributed by atoms with Crippen LogP contribution in [-0.4, -0.2) is 24.5 Å². The van der Waals surface area contributed by atoms with E-state index in [-0.39, 0.29) is 30.9 Å². The zero-order chi connectivity index (χ0) is 18.2. The maximum absolute atomic E-state index is 12.3. The van der Waals surface area contributed by atoms with Gasteiger partial charge in [-0.3, -0.25) is 9.59 Å². The molecule has 0 radical (unpaired) electrons. The molecule has 0 aliphatic carbocycles. The summed E-state index contributed by atoms with van der Waals surface area (Å²) in [4.78, 5) is 23.7. The van der Waals surface area contributed by atoms with Crippen molar-refractivity contribution in [3.05, 3.63) is 64.7 Å². The highest BCUT2D eigenvalue weighted by Crippen LogP contribution is 2.16. The Balaban J connectivity index is 1.83. The second-order valence-corrected chi connectivity index (χ2v) is 6.32. The molecule has 2 rings (SSSR count). The number of halogens is 1. The molecule has 0 aliphatic rings. The first kappa shape index (κ1) is 19.0. The number of Topliss-reactive ketones (excluding diaryl/α,β-unsaturated/α-hetero) is 1. The van der Waals surface area contributed by atoms with Crippen molar-refractivity contribution in [2.75, 3.05) is 6.61 Å². The van der Waals surface area contributed by atoms with Crippen molar-refractivity contribution in [2.45, 2.75) is 32.8 Å². The van der Waals surface area contributed by atoms with Crippen molar-refractivity contribution in [3.8, 4) is 5.75 Å². The zero-order valence-corrected chi connectivity index (χ0v) is 15.1. The third kappa shape index (κ3) is 6.59. The van der Waals surface area contributed by atoms with Crippen LogP contribution in [0, 0.1) is 0 Å². The SMILES string of the molecule is CC(C)OC(=O)CCOc1ccc(C(=O)Cc2ccc(Cl)cc2)cc1. The molecule has 0 aliphatic heterocycles. The van der Waals surface area contributed by atoms with Gasteiger partial charge < -0.3 is 9.47 Å². The molecule has 4 nitrogen and oxygen atoms in total. The van der Waals surface area contributed by atoms with E-state index in [4.69, 9.17) is 21.1 Å². The molecule has 2 aromatic rings. The molecule has 0 heterocycles. The van der Waals surface area contributed by atoms with E-state index < -0.39 is 0 Å². The number of carbonyl (C=O) groups excluding carboxylic acids is 2. The van der Waals surface area contributed by atoms with Gasteiger partial charge in [-0.1, -0.05) is 23.7 Å². The topological polar surface area (TPSA) is 52.6 Å². The molecule has 0 spiro atoms. The van der Waals surface area contributed by atoms with Gasteiger partial charge in [0.05, 0.1) is 19.1 Å². The Kier molecular flexibility index (Phi) is 7.02. The van der Waals surface area contributed by atoms with Crippen LogP contribution in [-0.2, 0) is 16.0 Å². The van der Waals surface area contributed by atoms with Gasteiger partial charge in [-0.05, 0) is 55.8 Å². The number of ketones is 1. The smallest absolute Gasteiger partial charge is 0.309 e. The summed E-state index contributed by atoms with van der Waals surface area (Å²) in [6, 6.07) is 14.1. The second kappa shape index (κ2) is 9.23. The van der Waals surface area contributed by atoms with Crippen LogP contribution < -0.4 is 4.74 Å². The number of benzene rings is 2. The predicted molar refractivity (Wildman–Crippen MR) is 97.3 cm³/mol. The Hall–Kier alpha value is -2.33. The zero-order valence-electron chi connectivity index (χ0n) is 14.3. The quantitative estimate of drug-likeness (QED) is 0.514. The van der Waals surface area contributed by atoms with E-state index in [2.05, 4.69) is 0 Å². The molecular weight excluding hydrogens is 340 g/mol. The molecule has 0 unspecified atom stereocenters. The standard InChI is InChI=1S/C20H21ClO4/c1-14(2)25-20(23)11-12-24-18-9-5-16(6-10-18)19(22)13-15-3-7-17(21)8-4-15/h3-10,14H,11-13H2,1-2H3. The van der Waals surface area contributed by atoms with Crippen LogP contribution in [0.5, 0.6) is 5.75 Å².